The largest absolute Gasteiger partial charge is 0.496 e. The highest BCUT2D eigenvalue weighted by atomic mass is 35.5. The Hall–Kier alpha value is -0.810. The van der Waals surface area contributed by atoms with Crippen molar-refractivity contribution < 1.29 is 4.74 Å². The van der Waals surface area contributed by atoms with Gasteiger partial charge in [0.25, 0.3) is 0 Å². The number of piperazine rings is 1. The minimum Gasteiger partial charge on any atom is -0.496 e. The molecule has 0 amide bonds. The molecule has 1 aromatic carbocycles. The lowest BCUT2D eigenvalue weighted by Gasteiger charge is -2.32. The second-order valence-electron chi connectivity index (χ2n) is 5.24. The van der Waals surface area contributed by atoms with Crippen LogP contribution in [0.25, 0.3) is 0 Å². The second kappa shape index (κ2) is 7.84. The van der Waals surface area contributed by atoms with Crippen LogP contribution in [0.4, 0.5) is 0 Å². The third-order valence-corrected chi connectivity index (χ3v) is 4.15. The number of nitrogens with one attached hydrogen (secondary N) is 1. The minimum atomic E-state index is 0.747. The number of ether oxygens (including phenoxy) is 1. The van der Waals surface area contributed by atoms with Gasteiger partial charge < -0.3 is 15.0 Å². The van der Waals surface area contributed by atoms with Gasteiger partial charge in [0.05, 0.1) is 7.11 Å². The van der Waals surface area contributed by atoms with Gasteiger partial charge in [-0.15, -0.1) is 0 Å². The number of benzene rings is 1. The Labute approximate surface area is 126 Å². The van der Waals surface area contributed by atoms with Crippen LogP contribution >= 0.6 is 11.6 Å². The van der Waals surface area contributed by atoms with Crippen LogP contribution in [0.5, 0.6) is 5.75 Å². The molecule has 1 aliphatic heterocycles. The number of methoxy groups -OCH3 is 1. The molecule has 4 nitrogen and oxygen atoms in total. The minimum absolute atomic E-state index is 0.747. The molecule has 0 radical (unpaired) electrons. The lowest BCUT2D eigenvalue weighted by molar-refractivity contribution is 0.154. The highest BCUT2D eigenvalue weighted by Crippen LogP contribution is 2.25. The molecule has 2 rings (SSSR count). The summed E-state index contributed by atoms with van der Waals surface area (Å²) >= 11 is 6.22. The first-order valence-electron chi connectivity index (χ1n) is 7.13. The molecule has 1 heterocycles. The van der Waals surface area contributed by atoms with E-state index in [4.69, 9.17) is 16.3 Å². The van der Waals surface area contributed by atoms with E-state index in [1.807, 2.05) is 18.2 Å². The highest BCUT2D eigenvalue weighted by molar-refractivity contribution is 6.31. The van der Waals surface area contributed by atoms with E-state index in [2.05, 4.69) is 22.2 Å². The Morgan fingerprint density at radius 3 is 2.70 bits per heavy atom. The lowest BCUT2D eigenvalue weighted by atomic mass is 10.2. The van der Waals surface area contributed by atoms with Crippen molar-refractivity contribution in [3.05, 3.63) is 28.8 Å². The summed E-state index contributed by atoms with van der Waals surface area (Å²) in [6, 6.07) is 5.76. The number of nitrogens with zero attached hydrogens (tertiary/aromatic N) is 2. The van der Waals surface area contributed by atoms with Gasteiger partial charge in [-0.25, -0.2) is 0 Å². The zero-order chi connectivity index (χ0) is 14.4. The molecule has 1 aromatic rings. The number of rotatable bonds is 6. The number of likely N-dealkylation sites (N-methyl/N-ethyl adjacent to an activating group) is 1. The third kappa shape index (κ3) is 4.35. The SMILES string of the molecule is COc1cccc(Cl)c1CNCCN1CCN(C)CC1. The second-order valence-corrected chi connectivity index (χ2v) is 5.65. The van der Waals surface area contributed by atoms with Gasteiger partial charge in [-0.05, 0) is 19.2 Å². The zero-order valence-corrected chi connectivity index (χ0v) is 13.1. The maximum absolute atomic E-state index is 6.22. The average molecular weight is 298 g/mol. The predicted octanol–water partition coefficient (Wildman–Crippen LogP) is 1.69. The van der Waals surface area contributed by atoms with Crippen molar-refractivity contribution in [3.63, 3.8) is 0 Å². The lowest BCUT2D eigenvalue weighted by Crippen LogP contribution is -2.46. The van der Waals surface area contributed by atoms with Gasteiger partial charge in [0, 0.05) is 56.4 Å². The van der Waals surface area contributed by atoms with E-state index >= 15 is 0 Å². The van der Waals surface area contributed by atoms with Crippen molar-refractivity contribution in [1.29, 1.82) is 0 Å². The first-order valence-corrected chi connectivity index (χ1v) is 7.51. The predicted molar refractivity (Wildman–Crippen MR) is 83.6 cm³/mol. The summed E-state index contributed by atoms with van der Waals surface area (Å²) in [5, 5.41) is 4.22. The smallest absolute Gasteiger partial charge is 0.124 e. The van der Waals surface area contributed by atoms with Crippen molar-refractivity contribution in [3.8, 4) is 5.75 Å². The number of halogens is 1. The fourth-order valence-electron chi connectivity index (χ4n) is 2.42. The van der Waals surface area contributed by atoms with Gasteiger partial charge in [0.2, 0.25) is 0 Å². The van der Waals surface area contributed by atoms with Crippen molar-refractivity contribution >= 4 is 11.6 Å². The molecule has 0 aromatic heterocycles. The normalized spacial score (nSPS) is 17.4. The van der Waals surface area contributed by atoms with Crippen LogP contribution in [-0.2, 0) is 6.54 Å². The van der Waals surface area contributed by atoms with Crippen molar-refractivity contribution in [1.82, 2.24) is 15.1 Å². The summed E-state index contributed by atoms with van der Waals surface area (Å²) in [5.74, 6) is 0.851. The maximum atomic E-state index is 6.22. The molecule has 1 saturated heterocycles. The molecule has 0 bridgehead atoms. The molecular formula is C15H24ClN3O. The maximum Gasteiger partial charge on any atom is 0.124 e. The summed E-state index contributed by atoms with van der Waals surface area (Å²) in [7, 11) is 3.86. The third-order valence-electron chi connectivity index (χ3n) is 3.80. The fourth-order valence-corrected chi connectivity index (χ4v) is 2.66. The number of hydrogen-bond donors (Lipinski definition) is 1. The molecular weight excluding hydrogens is 274 g/mol. The summed E-state index contributed by atoms with van der Waals surface area (Å²) < 4.78 is 5.34. The topological polar surface area (TPSA) is 27.7 Å². The number of hydrogen-bond acceptors (Lipinski definition) is 4. The molecule has 0 spiro atoms. The molecule has 1 aliphatic rings. The standard InChI is InChI=1S/C15H24ClN3O/c1-18-8-10-19(11-9-18)7-6-17-12-13-14(16)4-3-5-15(13)20-2/h3-5,17H,6-12H2,1-2H3. The summed E-state index contributed by atoms with van der Waals surface area (Å²) in [4.78, 5) is 4.87. The Bertz CT molecular complexity index is 420. The molecule has 0 saturated carbocycles. The Balaban J connectivity index is 1.73. The summed E-state index contributed by atoms with van der Waals surface area (Å²) in [6.07, 6.45) is 0. The van der Waals surface area contributed by atoms with Gasteiger partial charge in [-0.3, -0.25) is 4.90 Å². The van der Waals surface area contributed by atoms with Crippen LogP contribution in [0.1, 0.15) is 5.56 Å². The highest BCUT2D eigenvalue weighted by Gasteiger charge is 2.13. The molecule has 1 N–H and O–H groups in total. The van der Waals surface area contributed by atoms with Crippen molar-refractivity contribution in [2.75, 3.05) is 53.4 Å². The van der Waals surface area contributed by atoms with Crippen LogP contribution in [-0.4, -0.2) is 63.2 Å². The van der Waals surface area contributed by atoms with E-state index in [0.29, 0.717) is 0 Å². The zero-order valence-electron chi connectivity index (χ0n) is 12.4. The van der Waals surface area contributed by atoms with Crippen LogP contribution in [0.3, 0.4) is 0 Å². The monoisotopic (exact) mass is 297 g/mol. The molecule has 0 aliphatic carbocycles. The van der Waals surface area contributed by atoms with E-state index in [1.54, 1.807) is 7.11 Å². The van der Waals surface area contributed by atoms with Crippen LogP contribution in [0.2, 0.25) is 5.02 Å². The van der Waals surface area contributed by atoms with Gasteiger partial charge in [-0.2, -0.15) is 0 Å². The fraction of sp³-hybridized carbons (Fsp3) is 0.600. The van der Waals surface area contributed by atoms with Gasteiger partial charge in [-0.1, -0.05) is 17.7 Å². The molecule has 0 unspecified atom stereocenters. The van der Waals surface area contributed by atoms with Crippen molar-refractivity contribution in [2.24, 2.45) is 0 Å². The van der Waals surface area contributed by atoms with Gasteiger partial charge >= 0.3 is 0 Å². The van der Waals surface area contributed by atoms with E-state index < -0.39 is 0 Å². The molecule has 5 heteroatoms. The van der Waals surface area contributed by atoms with E-state index in [1.165, 1.54) is 13.1 Å². The quantitative estimate of drug-likeness (QED) is 0.809. The molecule has 20 heavy (non-hydrogen) atoms. The Morgan fingerprint density at radius 2 is 2.00 bits per heavy atom. The van der Waals surface area contributed by atoms with Crippen molar-refractivity contribution in [2.45, 2.75) is 6.54 Å². The Morgan fingerprint density at radius 1 is 1.25 bits per heavy atom. The Kier molecular flexibility index (Phi) is 6.10. The summed E-state index contributed by atoms with van der Waals surface area (Å²) in [6.45, 7) is 7.45. The molecule has 1 fully saturated rings. The average Bonchev–Trinajstić information content (AvgIpc) is 2.46. The van der Waals surface area contributed by atoms with E-state index in [0.717, 1.165) is 49.1 Å². The van der Waals surface area contributed by atoms with Crippen LogP contribution in [0, 0.1) is 0 Å². The van der Waals surface area contributed by atoms with Gasteiger partial charge in [0.15, 0.2) is 0 Å². The molecule has 112 valence electrons. The summed E-state index contributed by atoms with van der Waals surface area (Å²) in [5.41, 5.74) is 1.04. The van der Waals surface area contributed by atoms with Crippen LogP contribution in [0.15, 0.2) is 18.2 Å². The van der Waals surface area contributed by atoms with E-state index in [9.17, 15) is 0 Å². The van der Waals surface area contributed by atoms with Crippen LogP contribution < -0.4 is 10.1 Å². The van der Waals surface area contributed by atoms with Gasteiger partial charge in [0.1, 0.15) is 5.75 Å². The van der Waals surface area contributed by atoms with E-state index in [-0.39, 0.29) is 0 Å². The first-order chi connectivity index (χ1) is 9.70. The molecule has 0 atom stereocenters. The first kappa shape index (κ1) is 15.6.